The molecule has 0 spiro atoms. The molecule has 1 fully saturated rings. The number of carbonyl (C=O) groups is 2. The summed E-state index contributed by atoms with van der Waals surface area (Å²) in [6.07, 6.45) is 0. The standard InChI is InChI=1S/C29H24N4O3S/c1-18-10-9-11-20(16-18)17-32-28-23(27(34)33(29(32)35)22-14-7-4-8-15-22)19(2)24(37-28)26-30-25(31-36-26)21-12-5-3-6-13-21/h3-16,23,28H,17H2,1-2H3. The second-order valence-electron chi connectivity index (χ2n) is 9.20. The van der Waals surface area contributed by atoms with Gasteiger partial charge in [-0.2, -0.15) is 4.98 Å². The number of aryl methyl sites for hydroxylation is 1. The van der Waals surface area contributed by atoms with Gasteiger partial charge in [-0.05, 0) is 37.1 Å². The molecule has 2 aliphatic rings. The fraction of sp³-hybridized carbons (Fsp3) is 0.172. The van der Waals surface area contributed by atoms with Crippen molar-refractivity contribution in [2.45, 2.75) is 25.8 Å². The molecule has 8 heteroatoms. The van der Waals surface area contributed by atoms with Crippen LogP contribution in [0.5, 0.6) is 0 Å². The molecule has 3 heterocycles. The maximum absolute atomic E-state index is 13.9. The number of aromatic nitrogens is 2. The summed E-state index contributed by atoms with van der Waals surface area (Å²) in [5.41, 5.74) is 4.35. The Kier molecular flexibility index (Phi) is 5.88. The zero-order valence-corrected chi connectivity index (χ0v) is 21.2. The van der Waals surface area contributed by atoms with Gasteiger partial charge in [0.2, 0.25) is 11.7 Å². The highest BCUT2D eigenvalue weighted by Gasteiger charge is 2.52. The number of amides is 3. The molecule has 0 bridgehead atoms. The number of urea groups is 1. The van der Waals surface area contributed by atoms with E-state index in [1.165, 1.54) is 16.7 Å². The Labute approximate surface area is 218 Å². The second-order valence-corrected chi connectivity index (χ2v) is 10.3. The van der Waals surface area contributed by atoms with Crippen molar-refractivity contribution in [1.82, 2.24) is 15.0 Å². The van der Waals surface area contributed by atoms with Crippen molar-refractivity contribution in [2.75, 3.05) is 4.90 Å². The van der Waals surface area contributed by atoms with Crippen LogP contribution in [0.25, 0.3) is 16.3 Å². The van der Waals surface area contributed by atoms with Crippen molar-refractivity contribution in [1.29, 1.82) is 0 Å². The molecule has 0 saturated carbocycles. The summed E-state index contributed by atoms with van der Waals surface area (Å²) in [4.78, 5) is 36.2. The van der Waals surface area contributed by atoms with Crippen LogP contribution in [0.3, 0.4) is 0 Å². The Morgan fingerprint density at radius 3 is 2.38 bits per heavy atom. The monoisotopic (exact) mass is 508 g/mol. The number of hydrogen-bond donors (Lipinski definition) is 0. The summed E-state index contributed by atoms with van der Waals surface area (Å²) in [6, 6.07) is 26.4. The van der Waals surface area contributed by atoms with Crippen LogP contribution in [-0.2, 0) is 11.3 Å². The third kappa shape index (κ3) is 4.13. The van der Waals surface area contributed by atoms with E-state index in [4.69, 9.17) is 4.52 Å². The first-order valence-corrected chi connectivity index (χ1v) is 12.9. The predicted molar refractivity (Wildman–Crippen MR) is 143 cm³/mol. The topological polar surface area (TPSA) is 79.5 Å². The zero-order valence-electron chi connectivity index (χ0n) is 20.4. The molecule has 37 heavy (non-hydrogen) atoms. The van der Waals surface area contributed by atoms with E-state index in [-0.39, 0.29) is 11.9 Å². The van der Waals surface area contributed by atoms with Gasteiger partial charge in [0.25, 0.3) is 5.89 Å². The summed E-state index contributed by atoms with van der Waals surface area (Å²) < 4.78 is 5.65. The SMILES string of the molecule is CC1=C(c2nc(-c3ccccc3)no2)SC2C1C(=O)N(c1ccccc1)C(=O)N2Cc1cccc(C)c1. The first-order valence-electron chi connectivity index (χ1n) is 12.0. The third-order valence-corrected chi connectivity index (χ3v) is 8.18. The van der Waals surface area contributed by atoms with Crippen LogP contribution in [-0.4, -0.2) is 32.4 Å². The lowest BCUT2D eigenvalue weighted by Gasteiger charge is -2.42. The number of nitrogens with zero attached hydrogens (tertiary/aromatic N) is 4. The van der Waals surface area contributed by atoms with Gasteiger partial charge in [-0.25, -0.2) is 9.69 Å². The van der Waals surface area contributed by atoms with E-state index in [1.807, 2.05) is 80.6 Å². The summed E-state index contributed by atoms with van der Waals surface area (Å²) in [5, 5.41) is 3.75. The van der Waals surface area contributed by atoms with Crippen LogP contribution in [0.1, 0.15) is 23.9 Å². The summed E-state index contributed by atoms with van der Waals surface area (Å²) >= 11 is 1.44. The number of imide groups is 1. The Balaban J connectivity index is 1.40. The van der Waals surface area contributed by atoms with E-state index in [1.54, 1.807) is 17.0 Å². The van der Waals surface area contributed by atoms with E-state index in [0.717, 1.165) is 27.2 Å². The maximum Gasteiger partial charge on any atom is 0.332 e. The van der Waals surface area contributed by atoms with E-state index < -0.39 is 11.3 Å². The van der Waals surface area contributed by atoms with Crippen molar-refractivity contribution in [3.63, 3.8) is 0 Å². The van der Waals surface area contributed by atoms with Crippen LogP contribution in [0.4, 0.5) is 10.5 Å². The van der Waals surface area contributed by atoms with Crippen molar-refractivity contribution >= 4 is 34.3 Å². The smallest absolute Gasteiger partial charge is 0.332 e. The summed E-state index contributed by atoms with van der Waals surface area (Å²) in [6.45, 7) is 4.32. The van der Waals surface area contributed by atoms with Gasteiger partial charge in [-0.15, -0.1) is 0 Å². The fourth-order valence-corrected chi connectivity index (χ4v) is 6.36. The number of hydrogen-bond acceptors (Lipinski definition) is 6. The average Bonchev–Trinajstić information content (AvgIpc) is 3.53. The van der Waals surface area contributed by atoms with Crippen molar-refractivity contribution in [3.05, 3.63) is 108 Å². The lowest BCUT2D eigenvalue weighted by atomic mass is 9.94. The number of para-hydroxylation sites is 1. The molecule has 7 nitrogen and oxygen atoms in total. The highest BCUT2D eigenvalue weighted by Crippen LogP contribution is 2.51. The number of benzene rings is 3. The van der Waals surface area contributed by atoms with E-state index in [0.29, 0.717) is 23.9 Å². The molecule has 1 aromatic heterocycles. The number of rotatable bonds is 5. The summed E-state index contributed by atoms with van der Waals surface area (Å²) in [5.74, 6) is 0.0633. The minimum Gasteiger partial charge on any atom is -0.333 e. The van der Waals surface area contributed by atoms with Gasteiger partial charge in [0.1, 0.15) is 5.37 Å². The molecule has 3 aromatic carbocycles. The van der Waals surface area contributed by atoms with Crippen molar-refractivity contribution < 1.29 is 14.1 Å². The minimum atomic E-state index is -0.533. The lowest BCUT2D eigenvalue weighted by Crippen LogP contribution is -2.59. The van der Waals surface area contributed by atoms with Crippen LogP contribution in [0.2, 0.25) is 0 Å². The molecule has 2 aliphatic heterocycles. The molecule has 2 atom stereocenters. The third-order valence-electron chi connectivity index (χ3n) is 6.68. The first kappa shape index (κ1) is 23.2. The Morgan fingerprint density at radius 1 is 0.919 bits per heavy atom. The van der Waals surface area contributed by atoms with E-state index >= 15 is 0 Å². The molecule has 0 N–H and O–H groups in total. The van der Waals surface area contributed by atoms with Crippen LogP contribution < -0.4 is 4.90 Å². The van der Waals surface area contributed by atoms with Crippen molar-refractivity contribution in [3.8, 4) is 11.4 Å². The van der Waals surface area contributed by atoms with Gasteiger partial charge in [0.15, 0.2) is 0 Å². The van der Waals surface area contributed by atoms with Crippen molar-refractivity contribution in [2.24, 2.45) is 5.92 Å². The van der Waals surface area contributed by atoms with Crippen LogP contribution in [0.15, 0.2) is 95.0 Å². The van der Waals surface area contributed by atoms with Gasteiger partial charge in [-0.3, -0.25) is 4.79 Å². The van der Waals surface area contributed by atoms with Gasteiger partial charge in [-0.1, -0.05) is 95.3 Å². The molecule has 0 aliphatic carbocycles. The largest absolute Gasteiger partial charge is 0.333 e. The molecular formula is C29H24N4O3S. The molecule has 3 amide bonds. The number of anilines is 1. The number of fused-ring (bicyclic) bond motifs is 1. The van der Waals surface area contributed by atoms with E-state index in [9.17, 15) is 9.59 Å². The Morgan fingerprint density at radius 2 is 1.65 bits per heavy atom. The molecule has 2 unspecified atom stereocenters. The van der Waals surface area contributed by atoms with Gasteiger partial charge in [0, 0.05) is 12.1 Å². The van der Waals surface area contributed by atoms with Gasteiger partial charge < -0.3 is 9.42 Å². The molecular weight excluding hydrogens is 484 g/mol. The predicted octanol–water partition coefficient (Wildman–Crippen LogP) is 6.13. The molecule has 6 rings (SSSR count). The Hall–Kier alpha value is -4.17. The maximum atomic E-state index is 13.9. The molecule has 184 valence electrons. The van der Waals surface area contributed by atoms with Crippen LogP contribution >= 0.6 is 11.8 Å². The normalized spacial score (nSPS) is 19.5. The van der Waals surface area contributed by atoms with Gasteiger partial charge >= 0.3 is 6.03 Å². The second kappa shape index (κ2) is 9.37. The number of thioether (sulfide) groups is 1. The highest BCUT2D eigenvalue weighted by molar-refractivity contribution is 8.09. The average molecular weight is 509 g/mol. The lowest BCUT2D eigenvalue weighted by molar-refractivity contribution is -0.122. The quantitative estimate of drug-likeness (QED) is 0.322. The molecule has 0 radical (unpaired) electrons. The molecule has 4 aromatic rings. The number of carbonyl (C=O) groups excluding carboxylic acids is 2. The van der Waals surface area contributed by atoms with Crippen LogP contribution in [0, 0.1) is 12.8 Å². The summed E-state index contributed by atoms with van der Waals surface area (Å²) in [7, 11) is 0. The minimum absolute atomic E-state index is 0.246. The Bertz CT molecular complexity index is 1520. The molecule has 1 saturated heterocycles. The van der Waals surface area contributed by atoms with E-state index in [2.05, 4.69) is 16.2 Å². The van der Waals surface area contributed by atoms with Gasteiger partial charge in [0.05, 0.1) is 16.5 Å². The highest BCUT2D eigenvalue weighted by atomic mass is 32.2. The fourth-order valence-electron chi connectivity index (χ4n) is 4.88. The zero-order chi connectivity index (χ0) is 25.5. The first-order chi connectivity index (χ1) is 18.0.